The average Bonchev–Trinajstić information content (AvgIpc) is 2.64. The van der Waals surface area contributed by atoms with Crippen LogP contribution in [0.5, 0.6) is 17.2 Å². The van der Waals surface area contributed by atoms with E-state index < -0.39 is 0 Å². The minimum Gasteiger partial charge on any atom is -0.493 e. The van der Waals surface area contributed by atoms with Gasteiger partial charge in [0, 0.05) is 18.2 Å². The third-order valence-corrected chi connectivity index (χ3v) is 4.10. The quantitative estimate of drug-likeness (QED) is 0.695. The fourth-order valence-corrected chi connectivity index (χ4v) is 2.90. The molecular formula is C20H28ClNO3. The minimum absolute atomic E-state index is 0. The largest absolute Gasteiger partial charge is 0.493 e. The van der Waals surface area contributed by atoms with Gasteiger partial charge >= 0.3 is 0 Å². The molecule has 0 heterocycles. The van der Waals surface area contributed by atoms with Crippen molar-refractivity contribution in [2.45, 2.75) is 32.4 Å². The molecule has 0 saturated heterocycles. The zero-order valence-corrected chi connectivity index (χ0v) is 16.2. The van der Waals surface area contributed by atoms with Crippen LogP contribution in [0.2, 0.25) is 0 Å². The van der Waals surface area contributed by atoms with Gasteiger partial charge in [0.25, 0.3) is 0 Å². The zero-order chi connectivity index (χ0) is 17.4. The lowest BCUT2D eigenvalue weighted by molar-refractivity contribution is 0.321. The molecule has 0 aliphatic carbocycles. The number of rotatable bonds is 9. The van der Waals surface area contributed by atoms with Crippen LogP contribution in [-0.4, -0.2) is 21.3 Å². The third-order valence-electron chi connectivity index (χ3n) is 4.10. The second-order valence-corrected chi connectivity index (χ2v) is 5.63. The minimum atomic E-state index is 0. The summed E-state index contributed by atoms with van der Waals surface area (Å²) >= 11 is 0. The molecule has 0 bridgehead atoms. The van der Waals surface area contributed by atoms with Gasteiger partial charge < -0.3 is 19.5 Å². The molecule has 4 nitrogen and oxygen atoms in total. The number of benzene rings is 2. The molecule has 2 aromatic carbocycles. The molecule has 0 aromatic heterocycles. The maximum atomic E-state index is 5.56. The van der Waals surface area contributed by atoms with Crippen molar-refractivity contribution in [2.75, 3.05) is 21.3 Å². The van der Waals surface area contributed by atoms with Crippen molar-refractivity contribution in [3.63, 3.8) is 0 Å². The Labute approximate surface area is 156 Å². The van der Waals surface area contributed by atoms with Crippen molar-refractivity contribution >= 4 is 12.4 Å². The van der Waals surface area contributed by atoms with Gasteiger partial charge in [0.05, 0.1) is 21.3 Å². The van der Waals surface area contributed by atoms with Gasteiger partial charge in [-0.3, -0.25) is 0 Å². The summed E-state index contributed by atoms with van der Waals surface area (Å²) in [6, 6.07) is 14.8. The fraction of sp³-hybridized carbons (Fsp3) is 0.400. The van der Waals surface area contributed by atoms with Crippen molar-refractivity contribution in [3.05, 3.63) is 53.6 Å². The van der Waals surface area contributed by atoms with E-state index in [1.54, 1.807) is 21.3 Å². The van der Waals surface area contributed by atoms with Crippen LogP contribution in [0, 0.1) is 0 Å². The Bertz CT molecular complexity index is 634. The molecule has 2 aromatic rings. The summed E-state index contributed by atoms with van der Waals surface area (Å²) in [5.74, 6) is 2.02. The van der Waals surface area contributed by atoms with Crippen molar-refractivity contribution in [3.8, 4) is 17.2 Å². The SMILES string of the molecule is CCCC(NCc1ccc(OC)c(OC)c1OC)c1ccccc1.Cl. The highest BCUT2D eigenvalue weighted by Crippen LogP contribution is 2.39. The molecule has 1 unspecified atom stereocenters. The Morgan fingerprint density at radius 2 is 1.56 bits per heavy atom. The molecule has 1 N–H and O–H groups in total. The molecule has 0 radical (unpaired) electrons. The topological polar surface area (TPSA) is 39.7 Å². The molecule has 25 heavy (non-hydrogen) atoms. The highest BCUT2D eigenvalue weighted by Gasteiger charge is 2.17. The van der Waals surface area contributed by atoms with Crippen LogP contribution in [0.3, 0.4) is 0 Å². The van der Waals surface area contributed by atoms with E-state index in [0.29, 0.717) is 29.8 Å². The summed E-state index contributed by atoms with van der Waals surface area (Å²) in [5, 5.41) is 3.64. The summed E-state index contributed by atoms with van der Waals surface area (Å²) in [5.41, 5.74) is 2.35. The first-order chi connectivity index (χ1) is 11.7. The monoisotopic (exact) mass is 365 g/mol. The van der Waals surface area contributed by atoms with E-state index in [9.17, 15) is 0 Å². The van der Waals surface area contributed by atoms with Crippen LogP contribution >= 0.6 is 12.4 Å². The van der Waals surface area contributed by atoms with Gasteiger partial charge in [-0.1, -0.05) is 49.7 Å². The summed E-state index contributed by atoms with van der Waals surface area (Å²) in [6.45, 7) is 2.90. The first kappa shape index (κ1) is 21.1. The number of methoxy groups -OCH3 is 3. The maximum absolute atomic E-state index is 5.56. The Morgan fingerprint density at radius 3 is 2.12 bits per heavy atom. The Kier molecular flexibility index (Phi) is 9.17. The molecule has 0 fully saturated rings. The maximum Gasteiger partial charge on any atom is 0.203 e. The van der Waals surface area contributed by atoms with Crippen molar-refractivity contribution in [2.24, 2.45) is 0 Å². The van der Waals surface area contributed by atoms with E-state index in [0.717, 1.165) is 18.4 Å². The van der Waals surface area contributed by atoms with Crippen LogP contribution in [0.15, 0.2) is 42.5 Å². The van der Waals surface area contributed by atoms with Crippen molar-refractivity contribution in [1.29, 1.82) is 0 Å². The van der Waals surface area contributed by atoms with E-state index in [1.165, 1.54) is 5.56 Å². The second kappa shape index (κ2) is 10.9. The molecule has 138 valence electrons. The molecule has 0 saturated carbocycles. The molecular weight excluding hydrogens is 338 g/mol. The Hall–Kier alpha value is -1.91. The molecule has 0 spiro atoms. The molecule has 5 heteroatoms. The van der Waals surface area contributed by atoms with Gasteiger partial charge in [-0.25, -0.2) is 0 Å². The molecule has 0 amide bonds. The van der Waals surface area contributed by atoms with Gasteiger partial charge in [-0.05, 0) is 18.1 Å². The summed E-state index contributed by atoms with van der Waals surface area (Å²) < 4.78 is 16.4. The summed E-state index contributed by atoms with van der Waals surface area (Å²) in [6.07, 6.45) is 2.20. The van der Waals surface area contributed by atoms with E-state index in [1.807, 2.05) is 18.2 Å². The highest BCUT2D eigenvalue weighted by molar-refractivity contribution is 5.85. The van der Waals surface area contributed by atoms with E-state index >= 15 is 0 Å². The molecule has 1 atom stereocenters. The summed E-state index contributed by atoms with van der Waals surface area (Å²) in [4.78, 5) is 0. The lowest BCUT2D eigenvalue weighted by Crippen LogP contribution is -2.21. The van der Waals surface area contributed by atoms with Crippen molar-refractivity contribution in [1.82, 2.24) is 5.32 Å². The van der Waals surface area contributed by atoms with Gasteiger partial charge in [-0.2, -0.15) is 0 Å². The van der Waals surface area contributed by atoms with E-state index in [4.69, 9.17) is 14.2 Å². The normalized spacial score (nSPS) is 11.4. The van der Waals surface area contributed by atoms with Crippen molar-refractivity contribution < 1.29 is 14.2 Å². The summed E-state index contributed by atoms with van der Waals surface area (Å²) in [7, 11) is 4.91. The lowest BCUT2D eigenvalue weighted by Gasteiger charge is -2.21. The lowest BCUT2D eigenvalue weighted by atomic mass is 10.0. The predicted octanol–water partition coefficient (Wildman–Crippen LogP) is 4.77. The van der Waals surface area contributed by atoms with E-state index in [-0.39, 0.29) is 12.4 Å². The first-order valence-corrected chi connectivity index (χ1v) is 8.31. The smallest absolute Gasteiger partial charge is 0.203 e. The van der Waals surface area contributed by atoms with Crippen LogP contribution in [0.1, 0.15) is 36.9 Å². The number of halogens is 1. The number of hydrogen-bond donors (Lipinski definition) is 1. The number of hydrogen-bond acceptors (Lipinski definition) is 4. The van der Waals surface area contributed by atoms with Gasteiger partial charge in [0.15, 0.2) is 11.5 Å². The van der Waals surface area contributed by atoms with Gasteiger partial charge in [0.2, 0.25) is 5.75 Å². The number of nitrogens with one attached hydrogen (secondary N) is 1. The van der Waals surface area contributed by atoms with Gasteiger partial charge in [-0.15, -0.1) is 12.4 Å². The second-order valence-electron chi connectivity index (χ2n) is 5.63. The highest BCUT2D eigenvalue weighted by atomic mass is 35.5. The van der Waals surface area contributed by atoms with Crippen LogP contribution in [0.25, 0.3) is 0 Å². The van der Waals surface area contributed by atoms with Gasteiger partial charge in [0.1, 0.15) is 0 Å². The third kappa shape index (κ3) is 5.28. The Balaban J connectivity index is 0.00000312. The predicted molar refractivity (Wildman–Crippen MR) is 104 cm³/mol. The average molecular weight is 366 g/mol. The Morgan fingerprint density at radius 1 is 0.880 bits per heavy atom. The fourth-order valence-electron chi connectivity index (χ4n) is 2.90. The zero-order valence-electron chi connectivity index (χ0n) is 15.4. The van der Waals surface area contributed by atoms with Crippen LogP contribution in [-0.2, 0) is 6.54 Å². The molecule has 0 aliphatic rings. The first-order valence-electron chi connectivity index (χ1n) is 8.31. The van der Waals surface area contributed by atoms with Crippen LogP contribution in [0.4, 0.5) is 0 Å². The molecule has 2 rings (SSSR count). The number of ether oxygens (including phenoxy) is 3. The van der Waals surface area contributed by atoms with E-state index in [2.05, 4.69) is 36.5 Å². The van der Waals surface area contributed by atoms with Crippen LogP contribution < -0.4 is 19.5 Å². The standard InChI is InChI=1S/C20H27NO3.ClH/c1-5-9-17(15-10-7-6-8-11-15)21-14-16-12-13-18(22-2)20(24-4)19(16)23-3;/h6-8,10-13,17,21H,5,9,14H2,1-4H3;1H. The molecule has 0 aliphatic heterocycles.